The van der Waals surface area contributed by atoms with E-state index in [2.05, 4.69) is 9.71 Å². The number of hydrogen-bond acceptors (Lipinski definition) is 5. The maximum atomic E-state index is 12.0. The molecule has 1 N–H and O–H groups in total. The van der Waals surface area contributed by atoms with Crippen molar-refractivity contribution in [3.05, 3.63) is 60.4 Å². The summed E-state index contributed by atoms with van der Waals surface area (Å²) >= 11 is 1.38. The van der Waals surface area contributed by atoms with Gasteiger partial charge in [-0.15, -0.1) is 11.8 Å². The molecule has 1 aromatic carbocycles. The normalized spacial score (nSPS) is 12.6. The van der Waals surface area contributed by atoms with Gasteiger partial charge in [0, 0.05) is 18.1 Å². The zero-order valence-corrected chi connectivity index (χ0v) is 13.6. The maximum absolute atomic E-state index is 12.0. The van der Waals surface area contributed by atoms with E-state index in [1.807, 2.05) is 30.3 Å². The molecule has 2 aromatic rings. The summed E-state index contributed by atoms with van der Waals surface area (Å²) in [4.78, 5) is 15.7. The fraction of sp³-hybridized carbons (Fsp3) is 0.200. The first-order valence-corrected chi connectivity index (χ1v) is 9.14. The van der Waals surface area contributed by atoms with E-state index in [1.54, 1.807) is 6.92 Å². The predicted molar refractivity (Wildman–Crippen MR) is 86.8 cm³/mol. The van der Waals surface area contributed by atoms with E-state index in [0.717, 1.165) is 5.56 Å². The van der Waals surface area contributed by atoms with E-state index in [1.165, 1.54) is 36.3 Å². The van der Waals surface area contributed by atoms with Crippen molar-refractivity contribution in [2.24, 2.45) is 0 Å². The van der Waals surface area contributed by atoms with Gasteiger partial charge in [0.05, 0.1) is 5.25 Å². The van der Waals surface area contributed by atoms with Crippen LogP contribution in [-0.2, 0) is 20.6 Å². The summed E-state index contributed by atoms with van der Waals surface area (Å²) in [7, 11) is -3.86. The Morgan fingerprint density at radius 1 is 1.23 bits per heavy atom. The van der Waals surface area contributed by atoms with Crippen molar-refractivity contribution in [3.63, 3.8) is 0 Å². The van der Waals surface area contributed by atoms with Crippen LogP contribution in [0.2, 0.25) is 0 Å². The third-order valence-corrected chi connectivity index (χ3v) is 5.44. The Labute approximate surface area is 134 Å². The molecular formula is C15H16N2O3S2. The Bertz CT molecular complexity index is 719. The second kappa shape index (κ2) is 7.42. The molecule has 2 rings (SSSR count). The molecule has 1 atom stereocenters. The van der Waals surface area contributed by atoms with Gasteiger partial charge < -0.3 is 0 Å². The van der Waals surface area contributed by atoms with Crippen LogP contribution in [0.1, 0.15) is 12.5 Å². The molecule has 1 aromatic heterocycles. The van der Waals surface area contributed by atoms with E-state index in [-0.39, 0.29) is 4.90 Å². The van der Waals surface area contributed by atoms with E-state index in [4.69, 9.17) is 0 Å². The molecule has 116 valence electrons. The molecule has 0 radical (unpaired) electrons. The van der Waals surface area contributed by atoms with Crippen LogP contribution in [0.25, 0.3) is 0 Å². The number of thioether (sulfide) groups is 1. The molecule has 0 aliphatic carbocycles. The first-order chi connectivity index (χ1) is 10.5. The van der Waals surface area contributed by atoms with E-state index in [9.17, 15) is 13.2 Å². The standard InChI is InChI=1S/C15H16N2O3S2/c1-12(21-11-13-6-3-2-4-7-13)15(18)17-22(19,20)14-8-5-9-16-10-14/h2-10,12H,11H2,1H3,(H,17,18). The molecule has 0 saturated carbocycles. The number of amides is 1. The molecule has 0 aliphatic rings. The SMILES string of the molecule is CC(SCc1ccccc1)C(=O)NS(=O)(=O)c1cccnc1. The molecule has 0 aliphatic heterocycles. The molecule has 1 amide bonds. The van der Waals surface area contributed by atoms with Gasteiger partial charge in [-0.25, -0.2) is 13.1 Å². The second-order valence-electron chi connectivity index (χ2n) is 4.60. The number of carbonyl (C=O) groups is 1. The number of nitrogens with zero attached hydrogens (tertiary/aromatic N) is 1. The molecule has 0 saturated heterocycles. The zero-order chi connectivity index (χ0) is 16.0. The predicted octanol–water partition coefficient (Wildman–Crippen LogP) is 2.21. The van der Waals surface area contributed by atoms with Crippen LogP contribution in [0.4, 0.5) is 0 Å². The smallest absolute Gasteiger partial charge is 0.265 e. The summed E-state index contributed by atoms with van der Waals surface area (Å²) in [5.74, 6) is 0.104. The number of sulfonamides is 1. The zero-order valence-electron chi connectivity index (χ0n) is 12.0. The minimum Gasteiger partial charge on any atom is -0.273 e. The summed E-state index contributed by atoms with van der Waals surface area (Å²) < 4.78 is 26.2. The quantitative estimate of drug-likeness (QED) is 0.875. The molecule has 1 heterocycles. The molecule has 5 nitrogen and oxygen atoms in total. The average Bonchev–Trinajstić information content (AvgIpc) is 2.54. The van der Waals surface area contributed by atoms with E-state index in [0.29, 0.717) is 5.75 Å². The van der Waals surface area contributed by atoms with Crippen molar-refractivity contribution in [3.8, 4) is 0 Å². The van der Waals surface area contributed by atoms with Gasteiger partial charge in [0.2, 0.25) is 5.91 Å². The van der Waals surface area contributed by atoms with Gasteiger partial charge in [-0.05, 0) is 24.6 Å². The van der Waals surface area contributed by atoms with Crippen molar-refractivity contribution in [1.29, 1.82) is 0 Å². The number of rotatable bonds is 6. The van der Waals surface area contributed by atoms with Crippen molar-refractivity contribution in [1.82, 2.24) is 9.71 Å². The fourth-order valence-corrected chi connectivity index (χ4v) is 3.59. The molecule has 0 fully saturated rings. The Kier molecular flexibility index (Phi) is 5.57. The van der Waals surface area contributed by atoms with Crippen molar-refractivity contribution >= 4 is 27.7 Å². The number of aromatic nitrogens is 1. The highest BCUT2D eigenvalue weighted by Gasteiger charge is 2.22. The largest absolute Gasteiger partial charge is 0.273 e. The Morgan fingerprint density at radius 3 is 2.59 bits per heavy atom. The topological polar surface area (TPSA) is 76.1 Å². The summed E-state index contributed by atoms with van der Waals surface area (Å²) in [5, 5.41) is -0.480. The minimum absolute atomic E-state index is 0.0244. The number of hydrogen-bond donors (Lipinski definition) is 1. The van der Waals surface area contributed by atoms with Crippen LogP contribution in [0.5, 0.6) is 0 Å². The molecule has 0 bridgehead atoms. The summed E-state index contributed by atoms with van der Waals surface area (Å²) in [6.07, 6.45) is 2.68. The molecule has 22 heavy (non-hydrogen) atoms. The van der Waals surface area contributed by atoms with Crippen LogP contribution >= 0.6 is 11.8 Å². The van der Waals surface area contributed by atoms with E-state index < -0.39 is 21.2 Å². The molecular weight excluding hydrogens is 320 g/mol. The highest BCUT2D eigenvalue weighted by atomic mass is 32.2. The Morgan fingerprint density at radius 2 is 1.95 bits per heavy atom. The van der Waals surface area contributed by atoms with Crippen molar-refractivity contribution in [2.75, 3.05) is 0 Å². The monoisotopic (exact) mass is 336 g/mol. The minimum atomic E-state index is -3.86. The number of nitrogens with one attached hydrogen (secondary N) is 1. The van der Waals surface area contributed by atoms with Crippen LogP contribution in [0, 0.1) is 0 Å². The summed E-state index contributed by atoms with van der Waals surface area (Å²) in [5.41, 5.74) is 1.09. The highest BCUT2D eigenvalue weighted by molar-refractivity contribution is 8.00. The van der Waals surface area contributed by atoms with Crippen LogP contribution < -0.4 is 4.72 Å². The van der Waals surface area contributed by atoms with Gasteiger partial charge in [0.15, 0.2) is 0 Å². The first kappa shape index (κ1) is 16.5. The average molecular weight is 336 g/mol. The number of pyridine rings is 1. The molecule has 7 heteroatoms. The van der Waals surface area contributed by atoms with Crippen LogP contribution in [0.15, 0.2) is 59.8 Å². The van der Waals surface area contributed by atoms with Gasteiger partial charge in [-0.3, -0.25) is 9.78 Å². The summed E-state index contributed by atoms with van der Waals surface area (Å²) in [6.45, 7) is 1.68. The maximum Gasteiger partial charge on any atom is 0.265 e. The lowest BCUT2D eigenvalue weighted by atomic mass is 10.2. The Hall–Kier alpha value is -1.86. The second-order valence-corrected chi connectivity index (χ2v) is 7.61. The fourth-order valence-electron chi connectivity index (χ4n) is 1.65. The molecule has 1 unspecified atom stereocenters. The Balaban J connectivity index is 1.94. The third-order valence-electron chi connectivity index (χ3n) is 2.89. The van der Waals surface area contributed by atoms with Gasteiger partial charge in [0.25, 0.3) is 10.0 Å². The summed E-state index contributed by atoms with van der Waals surface area (Å²) in [6, 6.07) is 12.6. The van der Waals surface area contributed by atoms with Crippen LogP contribution in [-0.4, -0.2) is 24.6 Å². The lowest BCUT2D eigenvalue weighted by molar-refractivity contribution is -0.118. The van der Waals surface area contributed by atoms with Gasteiger partial charge in [-0.1, -0.05) is 30.3 Å². The number of carbonyl (C=O) groups excluding carboxylic acids is 1. The first-order valence-electron chi connectivity index (χ1n) is 6.61. The van der Waals surface area contributed by atoms with Gasteiger partial charge in [0.1, 0.15) is 4.90 Å². The highest BCUT2D eigenvalue weighted by Crippen LogP contribution is 2.18. The lowest BCUT2D eigenvalue weighted by Crippen LogP contribution is -2.36. The molecule has 0 spiro atoms. The third kappa shape index (κ3) is 4.57. The van der Waals surface area contributed by atoms with Crippen LogP contribution in [0.3, 0.4) is 0 Å². The van der Waals surface area contributed by atoms with E-state index >= 15 is 0 Å². The van der Waals surface area contributed by atoms with Crippen molar-refractivity contribution in [2.45, 2.75) is 22.8 Å². The number of benzene rings is 1. The van der Waals surface area contributed by atoms with Gasteiger partial charge in [-0.2, -0.15) is 0 Å². The van der Waals surface area contributed by atoms with Gasteiger partial charge >= 0.3 is 0 Å². The van der Waals surface area contributed by atoms with Crippen molar-refractivity contribution < 1.29 is 13.2 Å². The lowest BCUT2D eigenvalue weighted by Gasteiger charge is -2.12.